The number of nitriles is 1. The van der Waals surface area contributed by atoms with Crippen molar-refractivity contribution in [2.45, 2.75) is 31.7 Å². The highest BCUT2D eigenvalue weighted by Crippen LogP contribution is 2.24. The van der Waals surface area contributed by atoms with Gasteiger partial charge in [0.25, 0.3) is 5.91 Å². The molecule has 18 heavy (non-hydrogen) atoms. The summed E-state index contributed by atoms with van der Waals surface area (Å²) in [6.45, 7) is 0. The van der Waals surface area contributed by atoms with Gasteiger partial charge in [-0.2, -0.15) is 5.26 Å². The Balaban J connectivity index is 2.06. The highest BCUT2D eigenvalue weighted by atomic mass is 79.9. The molecule has 0 unspecified atom stereocenters. The molecule has 0 saturated heterocycles. The van der Waals surface area contributed by atoms with Gasteiger partial charge in [0.1, 0.15) is 11.6 Å². The van der Waals surface area contributed by atoms with Crippen LogP contribution in [0.4, 0.5) is 0 Å². The molecular weight excluding hydrogens is 312 g/mol. The molecule has 1 aromatic rings. The maximum atomic E-state index is 11.9. The summed E-state index contributed by atoms with van der Waals surface area (Å²) < 4.78 is 0.988. The van der Waals surface area contributed by atoms with Crippen LogP contribution in [-0.4, -0.2) is 11.9 Å². The van der Waals surface area contributed by atoms with E-state index in [0.717, 1.165) is 34.3 Å². The summed E-state index contributed by atoms with van der Waals surface area (Å²) in [7, 11) is 0. The smallest absolute Gasteiger partial charge is 0.262 e. The van der Waals surface area contributed by atoms with Crippen molar-refractivity contribution in [1.82, 2.24) is 5.32 Å². The second-order valence-electron chi connectivity index (χ2n) is 4.27. The zero-order valence-electron chi connectivity index (χ0n) is 9.78. The Morgan fingerprint density at radius 2 is 2.22 bits per heavy atom. The molecule has 1 amide bonds. The number of thiophene rings is 1. The Bertz CT molecular complexity index is 509. The fourth-order valence-electron chi connectivity index (χ4n) is 2.03. The monoisotopic (exact) mass is 324 g/mol. The molecule has 94 valence electrons. The first kappa shape index (κ1) is 13.3. The predicted octanol–water partition coefficient (Wildman–Crippen LogP) is 3.48. The first-order valence-corrected chi connectivity index (χ1v) is 7.48. The molecule has 1 saturated carbocycles. The lowest BCUT2D eigenvalue weighted by molar-refractivity contribution is -0.117. The van der Waals surface area contributed by atoms with Crippen LogP contribution in [0, 0.1) is 11.3 Å². The van der Waals surface area contributed by atoms with Crippen molar-refractivity contribution in [3.8, 4) is 6.07 Å². The third-order valence-electron chi connectivity index (χ3n) is 2.94. The van der Waals surface area contributed by atoms with Crippen LogP contribution in [-0.2, 0) is 4.79 Å². The van der Waals surface area contributed by atoms with E-state index < -0.39 is 0 Å². The number of hydrogen-bond donors (Lipinski definition) is 1. The molecule has 0 radical (unpaired) electrons. The minimum Gasteiger partial charge on any atom is -0.349 e. The van der Waals surface area contributed by atoms with E-state index in [1.54, 1.807) is 6.08 Å². The van der Waals surface area contributed by atoms with Gasteiger partial charge in [0, 0.05) is 10.9 Å². The second kappa shape index (κ2) is 6.17. The van der Waals surface area contributed by atoms with Gasteiger partial charge in [-0.05, 0) is 47.0 Å². The van der Waals surface area contributed by atoms with E-state index in [9.17, 15) is 4.79 Å². The van der Waals surface area contributed by atoms with Crippen molar-refractivity contribution >= 4 is 39.2 Å². The lowest BCUT2D eigenvalue weighted by Crippen LogP contribution is -2.33. The van der Waals surface area contributed by atoms with Crippen LogP contribution in [0.2, 0.25) is 0 Å². The van der Waals surface area contributed by atoms with E-state index in [0.29, 0.717) is 0 Å². The summed E-state index contributed by atoms with van der Waals surface area (Å²) >= 11 is 4.86. The number of nitrogens with one attached hydrogen (secondary N) is 1. The third-order valence-corrected chi connectivity index (χ3v) is 4.51. The molecule has 0 aromatic carbocycles. The minimum atomic E-state index is -0.256. The molecule has 1 heterocycles. The summed E-state index contributed by atoms with van der Waals surface area (Å²) in [6.07, 6.45) is 6.01. The topological polar surface area (TPSA) is 52.9 Å². The average molecular weight is 325 g/mol. The highest BCUT2D eigenvalue weighted by molar-refractivity contribution is 9.11. The Labute approximate surface area is 119 Å². The molecule has 0 aliphatic heterocycles. The van der Waals surface area contributed by atoms with Gasteiger partial charge in [-0.15, -0.1) is 11.3 Å². The molecule has 0 spiro atoms. The van der Waals surface area contributed by atoms with Crippen molar-refractivity contribution in [2.75, 3.05) is 0 Å². The van der Waals surface area contributed by atoms with Crippen molar-refractivity contribution in [2.24, 2.45) is 0 Å². The van der Waals surface area contributed by atoms with E-state index >= 15 is 0 Å². The standard InChI is InChI=1S/C13H13BrN2OS/c14-12-6-5-11(18-12)7-9(8-15)13(17)16-10-3-1-2-4-10/h5-7,10H,1-4H2,(H,16,17)/b9-7-. The molecule has 0 bridgehead atoms. The van der Waals surface area contributed by atoms with Crippen molar-refractivity contribution in [3.05, 3.63) is 26.4 Å². The largest absolute Gasteiger partial charge is 0.349 e. The van der Waals surface area contributed by atoms with Crippen LogP contribution in [0.15, 0.2) is 21.5 Å². The lowest BCUT2D eigenvalue weighted by atomic mass is 10.2. The fraction of sp³-hybridized carbons (Fsp3) is 0.385. The van der Waals surface area contributed by atoms with Crippen LogP contribution in [0.5, 0.6) is 0 Å². The summed E-state index contributed by atoms with van der Waals surface area (Å²) in [4.78, 5) is 12.8. The Morgan fingerprint density at radius 1 is 1.50 bits per heavy atom. The van der Waals surface area contributed by atoms with E-state index in [4.69, 9.17) is 5.26 Å². The quantitative estimate of drug-likeness (QED) is 0.683. The van der Waals surface area contributed by atoms with Gasteiger partial charge >= 0.3 is 0 Å². The summed E-state index contributed by atoms with van der Waals surface area (Å²) in [5, 5.41) is 12.0. The first-order chi connectivity index (χ1) is 8.69. The van der Waals surface area contributed by atoms with Gasteiger partial charge in [0.2, 0.25) is 0 Å². The molecular formula is C13H13BrN2OS. The van der Waals surface area contributed by atoms with E-state index in [-0.39, 0.29) is 17.5 Å². The molecule has 1 aliphatic rings. The van der Waals surface area contributed by atoms with Crippen LogP contribution >= 0.6 is 27.3 Å². The maximum Gasteiger partial charge on any atom is 0.262 e. The van der Waals surface area contributed by atoms with Crippen LogP contribution in [0.1, 0.15) is 30.6 Å². The van der Waals surface area contributed by atoms with Crippen LogP contribution in [0.3, 0.4) is 0 Å². The fourth-order valence-corrected chi connectivity index (χ4v) is 3.40. The third kappa shape index (κ3) is 3.44. The number of rotatable bonds is 3. The highest BCUT2D eigenvalue weighted by Gasteiger charge is 2.19. The molecule has 3 nitrogen and oxygen atoms in total. The Morgan fingerprint density at radius 3 is 2.78 bits per heavy atom. The van der Waals surface area contributed by atoms with Gasteiger partial charge < -0.3 is 5.32 Å². The van der Waals surface area contributed by atoms with Crippen molar-refractivity contribution in [3.63, 3.8) is 0 Å². The van der Waals surface area contributed by atoms with Gasteiger partial charge in [0.15, 0.2) is 0 Å². The summed E-state index contributed by atoms with van der Waals surface area (Å²) in [5.41, 5.74) is 0.177. The van der Waals surface area contributed by atoms with Crippen molar-refractivity contribution < 1.29 is 4.79 Å². The number of amides is 1. The zero-order chi connectivity index (χ0) is 13.0. The molecule has 0 atom stereocenters. The normalized spacial score (nSPS) is 16.6. The number of halogens is 1. The molecule has 2 rings (SSSR count). The SMILES string of the molecule is N#C/C(=C/c1ccc(Br)s1)C(=O)NC1CCCC1. The summed E-state index contributed by atoms with van der Waals surface area (Å²) in [5.74, 6) is -0.256. The number of carbonyl (C=O) groups excluding carboxylic acids is 1. The molecule has 5 heteroatoms. The van der Waals surface area contributed by atoms with Gasteiger partial charge in [-0.3, -0.25) is 4.79 Å². The number of hydrogen-bond acceptors (Lipinski definition) is 3. The Kier molecular flexibility index (Phi) is 4.56. The second-order valence-corrected chi connectivity index (χ2v) is 6.76. The molecule has 1 aromatic heterocycles. The zero-order valence-corrected chi connectivity index (χ0v) is 12.2. The molecule has 1 aliphatic carbocycles. The molecule has 1 fully saturated rings. The average Bonchev–Trinajstić information content (AvgIpc) is 2.97. The first-order valence-electron chi connectivity index (χ1n) is 5.87. The summed E-state index contributed by atoms with van der Waals surface area (Å²) in [6, 6.07) is 6.00. The maximum absolute atomic E-state index is 11.9. The number of nitrogens with zero attached hydrogens (tertiary/aromatic N) is 1. The van der Waals surface area contributed by atoms with Crippen LogP contribution < -0.4 is 5.32 Å². The lowest BCUT2D eigenvalue weighted by Gasteiger charge is -2.10. The number of carbonyl (C=O) groups is 1. The van der Waals surface area contributed by atoms with E-state index in [1.807, 2.05) is 18.2 Å². The minimum absolute atomic E-state index is 0.177. The van der Waals surface area contributed by atoms with Crippen molar-refractivity contribution in [1.29, 1.82) is 5.26 Å². The van der Waals surface area contributed by atoms with E-state index in [1.165, 1.54) is 11.3 Å². The van der Waals surface area contributed by atoms with Gasteiger partial charge in [-0.1, -0.05) is 12.8 Å². The Hall–Kier alpha value is -1.12. The molecule has 1 N–H and O–H groups in total. The van der Waals surface area contributed by atoms with Crippen LogP contribution in [0.25, 0.3) is 6.08 Å². The van der Waals surface area contributed by atoms with Gasteiger partial charge in [0.05, 0.1) is 3.79 Å². The van der Waals surface area contributed by atoms with Gasteiger partial charge in [-0.25, -0.2) is 0 Å². The predicted molar refractivity (Wildman–Crippen MR) is 76.0 cm³/mol. The van der Waals surface area contributed by atoms with E-state index in [2.05, 4.69) is 21.2 Å².